The normalized spacial score (nSPS) is 17.2. The molecule has 2 unspecified atom stereocenters. The summed E-state index contributed by atoms with van der Waals surface area (Å²) in [6.07, 6.45) is -1.33. The first-order valence-corrected chi connectivity index (χ1v) is 2.92. The summed E-state index contributed by atoms with van der Waals surface area (Å²) in [5, 5.41) is 10.8. The molecule has 0 saturated carbocycles. The van der Waals surface area contributed by atoms with Crippen LogP contribution in [0.1, 0.15) is 6.92 Å². The van der Waals surface area contributed by atoms with Crippen LogP contribution < -0.4 is 5.32 Å². The molecule has 0 bridgehead atoms. The lowest BCUT2D eigenvalue weighted by atomic mass is 9.99. The van der Waals surface area contributed by atoms with Crippen LogP contribution in [0.3, 0.4) is 0 Å². The zero-order valence-electron chi connectivity index (χ0n) is 5.47. The Morgan fingerprint density at radius 1 is 1.78 bits per heavy atom. The van der Waals surface area contributed by atoms with E-state index in [1.54, 1.807) is 0 Å². The molecule has 0 aromatic heterocycles. The van der Waals surface area contributed by atoms with Crippen LogP contribution in [0.25, 0.3) is 0 Å². The van der Waals surface area contributed by atoms with Crippen LogP contribution in [0.4, 0.5) is 4.39 Å². The van der Waals surface area contributed by atoms with Crippen LogP contribution in [0.15, 0.2) is 0 Å². The maximum absolute atomic E-state index is 11.7. The predicted octanol–water partition coefficient (Wildman–Crippen LogP) is -0.161. The Hall–Kier alpha value is -0.0851. The molecule has 0 heterocycles. The van der Waals surface area contributed by atoms with Gasteiger partial charge in [-0.25, -0.2) is 4.39 Å². The van der Waals surface area contributed by atoms with E-state index in [-0.39, 0.29) is 12.6 Å². The summed E-state index contributed by atoms with van der Waals surface area (Å²) in [6.45, 7) is 1.78. The van der Waals surface area contributed by atoms with Gasteiger partial charge in [0, 0.05) is 0 Å². The Kier molecular flexibility index (Phi) is 4.72. The highest BCUT2D eigenvalue weighted by Gasteiger charge is 2.01. The van der Waals surface area contributed by atoms with Crippen molar-refractivity contribution >= 4 is 7.85 Å². The average Bonchev–Trinajstić information content (AvgIpc) is 1.83. The van der Waals surface area contributed by atoms with Gasteiger partial charge in [0.25, 0.3) is 0 Å². The molecule has 0 aromatic rings. The van der Waals surface area contributed by atoms with Crippen molar-refractivity contribution in [2.24, 2.45) is 0 Å². The molecule has 0 aliphatic rings. The van der Waals surface area contributed by atoms with E-state index in [0.717, 1.165) is 0 Å². The highest BCUT2D eigenvalue weighted by atomic mass is 19.1. The van der Waals surface area contributed by atoms with Crippen LogP contribution in [-0.4, -0.2) is 31.9 Å². The quantitative estimate of drug-likeness (QED) is 0.519. The van der Waals surface area contributed by atoms with Gasteiger partial charge in [-0.3, -0.25) is 0 Å². The topological polar surface area (TPSA) is 32.3 Å². The Labute approximate surface area is 55.9 Å². The first kappa shape index (κ1) is 8.91. The van der Waals surface area contributed by atoms with Gasteiger partial charge in [0.05, 0.1) is 14.4 Å². The average molecular weight is 131 g/mol. The number of hydrogen-bond acceptors (Lipinski definition) is 2. The fourth-order valence-corrected chi connectivity index (χ4v) is 0.382. The van der Waals surface area contributed by atoms with Gasteiger partial charge >= 0.3 is 0 Å². The highest BCUT2D eigenvalue weighted by Crippen LogP contribution is 1.87. The minimum absolute atomic E-state index is 0.0433. The third-order valence-electron chi connectivity index (χ3n) is 0.988. The number of aliphatic hydroxyl groups is 1. The standard InChI is InChI=1S/C5H11BFNO/c1-4(2-6)8-3-5(7)9/h4-5,8-9H,2-3H2,1H3. The lowest BCUT2D eigenvalue weighted by Gasteiger charge is -2.10. The minimum atomic E-state index is -1.78. The van der Waals surface area contributed by atoms with E-state index in [1.165, 1.54) is 0 Å². The van der Waals surface area contributed by atoms with Crippen LogP contribution in [-0.2, 0) is 0 Å². The SMILES string of the molecule is [B]CC(C)NCC(O)F. The predicted molar refractivity (Wildman–Crippen MR) is 35.1 cm³/mol. The number of hydrogen-bond donors (Lipinski definition) is 2. The molecule has 0 spiro atoms. The Bertz CT molecular complexity index is 72.0. The molecule has 0 aliphatic carbocycles. The number of nitrogens with one attached hydrogen (secondary N) is 1. The molecule has 2 radical (unpaired) electrons. The van der Waals surface area contributed by atoms with Crippen molar-refractivity contribution in [3.05, 3.63) is 0 Å². The summed E-state index contributed by atoms with van der Waals surface area (Å²) < 4.78 is 11.7. The van der Waals surface area contributed by atoms with E-state index in [2.05, 4.69) is 5.32 Å². The molecule has 52 valence electrons. The maximum Gasteiger partial charge on any atom is 0.208 e. The molecule has 2 atom stereocenters. The summed E-state index contributed by atoms with van der Waals surface area (Å²) in [5.74, 6) is 0. The maximum atomic E-state index is 11.7. The van der Waals surface area contributed by atoms with E-state index < -0.39 is 6.36 Å². The lowest BCUT2D eigenvalue weighted by Crippen LogP contribution is -2.31. The van der Waals surface area contributed by atoms with Gasteiger partial charge in [-0.1, -0.05) is 13.2 Å². The number of aliphatic hydroxyl groups excluding tert-OH is 1. The lowest BCUT2D eigenvalue weighted by molar-refractivity contribution is 0.0410. The van der Waals surface area contributed by atoms with Crippen LogP contribution in [0.5, 0.6) is 0 Å². The second-order valence-electron chi connectivity index (χ2n) is 1.98. The van der Waals surface area contributed by atoms with Crippen molar-refractivity contribution < 1.29 is 9.50 Å². The zero-order valence-corrected chi connectivity index (χ0v) is 5.47. The van der Waals surface area contributed by atoms with Crippen molar-refractivity contribution in [1.29, 1.82) is 0 Å². The molecule has 0 aliphatic heterocycles. The molecule has 0 saturated heterocycles. The van der Waals surface area contributed by atoms with E-state index in [0.29, 0.717) is 6.32 Å². The number of rotatable bonds is 4. The van der Waals surface area contributed by atoms with E-state index in [4.69, 9.17) is 13.0 Å². The molecular weight excluding hydrogens is 120 g/mol. The van der Waals surface area contributed by atoms with E-state index in [1.807, 2.05) is 6.92 Å². The van der Waals surface area contributed by atoms with Crippen LogP contribution in [0, 0.1) is 0 Å². The van der Waals surface area contributed by atoms with Crippen molar-refractivity contribution in [2.75, 3.05) is 6.54 Å². The Balaban J connectivity index is 3.06. The number of alkyl halides is 1. The minimum Gasteiger partial charge on any atom is -0.363 e. The van der Waals surface area contributed by atoms with Crippen LogP contribution >= 0.6 is 0 Å². The number of halogens is 1. The first-order valence-electron chi connectivity index (χ1n) is 2.92. The Morgan fingerprint density at radius 3 is 2.67 bits per heavy atom. The van der Waals surface area contributed by atoms with Crippen molar-refractivity contribution in [3.63, 3.8) is 0 Å². The summed E-state index contributed by atoms with van der Waals surface area (Å²) >= 11 is 0. The third kappa shape index (κ3) is 5.79. The molecule has 0 amide bonds. The van der Waals surface area contributed by atoms with Crippen molar-refractivity contribution in [3.8, 4) is 0 Å². The molecule has 0 fully saturated rings. The van der Waals surface area contributed by atoms with Gasteiger partial charge in [-0.05, 0) is 6.04 Å². The first-order chi connectivity index (χ1) is 4.16. The molecular formula is C5H11BFNO. The van der Waals surface area contributed by atoms with Gasteiger partial charge in [0.2, 0.25) is 6.36 Å². The summed E-state index contributed by atoms with van der Waals surface area (Å²) in [7, 11) is 5.19. The second-order valence-corrected chi connectivity index (χ2v) is 1.98. The molecule has 0 rings (SSSR count). The molecule has 2 nitrogen and oxygen atoms in total. The third-order valence-corrected chi connectivity index (χ3v) is 0.988. The zero-order chi connectivity index (χ0) is 7.28. The molecule has 0 aromatic carbocycles. The fourth-order valence-electron chi connectivity index (χ4n) is 0.382. The molecule has 4 heteroatoms. The summed E-state index contributed by atoms with van der Waals surface area (Å²) in [5.41, 5.74) is 0. The second kappa shape index (κ2) is 4.76. The van der Waals surface area contributed by atoms with E-state index >= 15 is 0 Å². The van der Waals surface area contributed by atoms with Gasteiger partial charge in [-0.2, -0.15) is 0 Å². The van der Waals surface area contributed by atoms with Gasteiger partial charge in [0.1, 0.15) is 0 Å². The summed E-state index contributed by atoms with van der Waals surface area (Å²) in [4.78, 5) is 0. The monoisotopic (exact) mass is 131 g/mol. The fraction of sp³-hybridized carbons (Fsp3) is 1.00. The molecule has 2 N–H and O–H groups in total. The smallest absolute Gasteiger partial charge is 0.208 e. The highest BCUT2D eigenvalue weighted by molar-refractivity contribution is 6.08. The van der Waals surface area contributed by atoms with Gasteiger partial charge < -0.3 is 10.4 Å². The summed E-state index contributed by atoms with van der Waals surface area (Å²) in [6, 6.07) is 0.0652. The Morgan fingerprint density at radius 2 is 2.33 bits per heavy atom. The van der Waals surface area contributed by atoms with Gasteiger partial charge in [0.15, 0.2) is 0 Å². The largest absolute Gasteiger partial charge is 0.363 e. The van der Waals surface area contributed by atoms with Crippen LogP contribution in [0.2, 0.25) is 6.32 Å². The van der Waals surface area contributed by atoms with E-state index in [9.17, 15) is 4.39 Å². The van der Waals surface area contributed by atoms with Gasteiger partial charge in [-0.15, -0.1) is 0 Å². The van der Waals surface area contributed by atoms with Crippen molar-refractivity contribution in [1.82, 2.24) is 5.32 Å². The van der Waals surface area contributed by atoms with Crippen molar-refractivity contribution in [2.45, 2.75) is 25.6 Å². The molecule has 9 heavy (non-hydrogen) atoms.